The Bertz CT molecular complexity index is 791. The molecular weight excluding hydrogens is 396 g/mol. The molecule has 0 atom stereocenters. The Morgan fingerprint density at radius 2 is 1.21 bits per heavy atom. The van der Waals surface area contributed by atoms with Crippen molar-refractivity contribution in [3.8, 4) is 11.5 Å². The minimum absolute atomic E-state index is 0.0304. The first-order valence-corrected chi connectivity index (χ1v) is 7.49. The van der Waals surface area contributed by atoms with Gasteiger partial charge in [-0.05, 0) is 31.2 Å². The van der Waals surface area contributed by atoms with Crippen LogP contribution in [0.1, 0.15) is 18.1 Å². The molecule has 2 aromatic rings. The second-order valence-electron chi connectivity index (χ2n) is 5.61. The lowest BCUT2D eigenvalue weighted by Gasteiger charge is -2.30. The number of rotatable bonds is 5. The van der Waals surface area contributed by atoms with Crippen LogP contribution in [0, 0.1) is 0 Å². The average Bonchev–Trinajstić information content (AvgIpc) is 2.51. The van der Waals surface area contributed by atoms with Gasteiger partial charge in [-0.1, -0.05) is 24.3 Å². The molecular formula is C17H13F6NO4. The number of hydrogen-bond donors (Lipinski definition) is 1. The van der Waals surface area contributed by atoms with Crippen LogP contribution in [0.2, 0.25) is 0 Å². The van der Waals surface area contributed by atoms with Gasteiger partial charge in [0.25, 0.3) is 0 Å². The van der Waals surface area contributed by atoms with Gasteiger partial charge in [0.15, 0.2) is 5.60 Å². The summed E-state index contributed by atoms with van der Waals surface area (Å²) in [5.41, 5.74) is 3.16. The molecule has 2 N–H and O–H groups in total. The molecule has 152 valence electrons. The average molecular weight is 409 g/mol. The van der Waals surface area contributed by atoms with Crippen LogP contribution in [0.5, 0.6) is 11.5 Å². The van der Waals surface area contributed by atoms with Gasteiger partial charge in [0.2, 0.25) is 0 Å². The molecule has 0 heterocycles. The van der Waals surface area contributed by atoms with Crippen LogP contribution in [0.3, 0.4) is 0 Å². The Balaban J connectivity index is 2.52. The molecule has 0 aliphatic heterocycles. The zero-order valence-electron chi connectivity index (χ0n) is 14.1. The first-order chi connectivity index (χ1) is 12.8. The summed E-state index contributed by atoms with van der Waals surface area (Å²) in [7, 11) is 0. The van der Waals surface area contributed by atoms with Crippen LogP contribution in [0.25, 0.3) is 0 Å². The summed E-state index contributed by atoms with van der Waals surface area (Å²) in [6.07, 6.45) is -11.2. The highest BCUT2D eigenvalue weighted by atomic mass is 19.4. The molecule has 0 saturated heterocycles. The minimum atomic E-state index is -4.97. The van der Waals surface area contributed by atoms with E-state index >= 15 is 0 Å². The number of alkyl halides is 6. The Morgan fingerprint density at radius 1 is 0.821 bits per heavy atom. The number of primary amides is 1. The predicted octanol–water partition coefficient (Wildman–Crippen LogP) is 4.84. The Hall–Kier alpha value is -3.11. The second kappa shape index (κ2) is 7.49. The van der Waals surface area contributed by atoms with Gasteiger partial charge in [0.05, 0.1) is 0 Å². The Labute approximate surface area is 154 Å². The SMILES string of the molecule is CC(OC(N)=O)(c1cccc(OC(F)(F)F)c1)c1cccc(OC(F)(F)F)c1. The number of nitrogens with two attached hydrogens (primary N) is 1. The zero-order chi connectivity index (χ0) is 21.2. The first-order valence-electron chi connectivity index (χ1n) is 7.49. The van der Waals surface area contributed by atoms with Crippen molar-refractivity contribution in [2.24, 2.45) is 5.73 Å². The van der Waals surface area contributed by atoms with Crippen molar-refractivity contribution in [2.45, 2.75) is 25.2 Å². The number of ether oxygens (including phenoxy) is 3. The molecule has 0 aliphatic carbocycles. The van der Waals surface area contributed by atoms with E-state index in [-0.39, 0.29) is 11.1 Å². The molecule has 1 amide bonds. The van der Waals surface area contributed by atoms with Crippen LogP contribution >= 0.6 is 0 Å². The van der Waals surface area contributed by atoms with Gasteiger partial charge in [-0.3, -0.25) is 0 Å². The number of carbonyl (C=O) groups excluding carboxylic acids is 1. The van der Waals surface area contributed by atoms with E-state index in [1.807, 2.05) is 0 Å². The standard InChI is InChI=1S/C17H13F6NO4/c1-15(28-14(24)25,10-4-2-6-12(8-10)26-16(18,19)20)11-5-3-7-13(9-11)27-17(21,22)23/h2-9H,1H3,(H2,24,25). The molecule has 11 heteroatoms. The van der Waals surface area contributed by atoms with Crippen molar-refractivity contribution in [3.63, 3.8) is 0 Å². The molecule has 0 aromatic heterocycles. The highest BCUT2D eigenvalue weighted by Crippen LogP contribution is 2.38. The molecule has 2 aromatic carbocycles. The number of halogens is 6. The third-order valence-corrected chi connectivity index (χ3v) is 3.54. The quantitative estimate of drug-likeness (QED) is 0.718. The molecule has 0 aliphatic rings. The lowest BCUT2D eigenvalue weighted by Crippen LogP contribution is -2.33. The van der Waals surface area contributed by atoms with Gasteiger partial charge in [-0.25, -0.2) is 4.79 Å². The van der Waals surface area contributed by atoms with Crippen LogP contribution in [0.15, 0.2) is 48.5 Å². The maximum atomic E-state index is 12.5. The predicted molar refractivity (Wildman–Crippen MR) is 83.4 cm³/mol. The summed E-state index contributed by atoms with van der Waals surface area (Å²) in [6, 6.07) is 8.83. The fourth-order valence-electron chi connectivity index (χ4n) is 2.47. The smallest absolute Gasteiger partial charge is 0.434 e. The highest BCUT2D eigenvalue weighted by Gasteiger charge is 2.37. The van der Waals surface area contributed by atoms with E-state index < -0.39 is 35.9 Å². The van der Waals surface area contributed by atoms with Crippen molar-refractivity contribution in [3.05, 3.63) is 59.7 Å². The van der Waals surface area contributed by atoms with E-state index in [0.717, 1.165) is 24.3 Å². The monoisotopic (exact) mass is 409 g/mol. The molecule has 0 radical (unpaired) electrons. The number of carbonyl (C=O) groups is 1. The van der Waals surface area contributed by atoms with E-state index in [2.05, 4.69) is 9.47 Å². The maximum absolute atomic E-state index is 12.5. The van der Waals surface area contributed by atoms with Gasteiger partial charge < -0.3 is 19.9 Å². The van der Waals surface area contributed by atoms with Crippen LogP contribution in [0.4, 0.5) is 31.1 Å². The molecule has 2 rings (SSSR count). The third-order valence-electron chi connectivity index (χ3n) is 3.54. The lowest BCUT2D eigenvalue weighted by atomic mass is 9.87. The fraction of sp³-hybridized carbons (Fsp3) is 0.235. The van der Waals surface area contributed by atoms with E-state index in [4.69, 9.17) is 10.5 Å². The number of amides is 1. The van der Waals surface area contributed by atoms with Gasteiger partial charge >= 0.3 is 18.8 Å². The van der Waals surface area contributed by atoms with E-state index in [0.29, 0.717) is 0 Å². The molecule has 28 heavy (non-hydrogen) atoms. The Morgan fingerprint density at radius 3 is 1.54 bits per heavy atom. The van der Waals surface area contributed by atoms with Crippen molar-refractivity contribution >= 4 is 6.09 Å². The molecule has 0 spiro atoms. The van der Waals surface area contributed by atoms with Crippen molar-refractivity contribution in [2.75, 3.05) is 0 Å². The van der Waals surface area contributed by atoms with E-state index in [1.165, 1.54) is 31.2 Å². The zero-order valence-corrected chi connectivity index (χ0v) is 14.1. The lowest BCUT2D eigenvalue weighted by molar-refractivity contribution is -0.275. The summed E-state index contributed by atoms with van der Waals surface area (Å²) in [4.78, 5) is 11.4. The molecule has 5 nitrogen and oxygen atoms in total. The van der Waals surface area contributed by atoms with Gasteiger partial charge in [0.1, 0.15) is 11.5 Å². The maximum Gasteiger partial charge on any atom is 0.573 e. The van der Waals surface area contributed by atoms with Crippen LogP contribution < -0.4 is 15.2 Å². The van der Waals surface area contributed by atoms with Gasteiger partial charge in [0, 0.05) is 11.1 Å². The van der Waals surface area contributed by atoms with Crippen molar-refractivity contribution < 1.29 is 45.3 Å². The summed E-state index contributed by atoms with van der Waals surface area (Å²) >= 11 is 0. The molecule has 0 bridgehead atoms. The van der Waals surface area contributed by atoms with Crippen LogP contribution in [-0.2, 0) is 10.3 Å². The summed E-state index contributed by atoms with van der Waals surface area (Å²) in [5.74, 6) is -1.24. The van der Waals surface area contributed by atoms with Crippen LogP contribution in [-0.4, -0.2) is 18.8 Å². The van der Waals surface area contributed by atoms with Crippen molar-refractivity contribution in [1.82, 2.24) is 0 Å². The number of benzene rings is 2. The summed E-state index contributed by atoms with van der Waals surface area (Å²) in [5, 5.41) is 0. The largest absolute Gasteiger partial charge is 0.573 e. The summed E-state index contributed by atoms with van der Waals surface area (Å²) in [6.45, 7) is 1.25. The third kappa shape index (κ3) is 5.69. The molecule has 0 saturated carbocycles. The molecule has 0 unspecified atom stereocenters. The molecule has 0 fully saturated rings. The number of hydrogen-bond acceptors (Lipinski definition) is 4. The van der Waals surface area contributed by atoms with E-state index in [9.17, 15) is 31.1 Å². The fourth-order valence-corrected chi connectivity index (χ4v) is 2.47. The van der Waals surface area contributed by atoms with E-state index in [1.54, 1.807) is 0 Å². The van der Waals surface area contributed by atoms with Crippen molar-refractivity contribution in [1.29, 1.82) is 0 Å². The first kappa shape index (κ1) is 21.2. The van der Waals surface area contributed by atoms with Gasteiger partial charge in [-0.15, -0.1) is 26.3 Å². The normalized spacial score (nSPS) is 12.4. The minimum Gasteiger partial charge on any atom is -0.434 e. The topological polar surface area (TPSA) is 70.8 Å². The highest BCUT2D eigenvalue weighted by molar-refractivity contribution is 5.66. The second-order valence-corrected chi connectivity index (χ2v) is 5.61. The summed E-state index contributed by atoms with van der Waals surface area (Å²) < 4.78 is 87.5. The van der Waals surface area contributed by atoms with Gasteiger partial charge in [-0.2, -0.15) is 0 Å². The Kier molecular flexibility index (Phi) is 5.67.